The van der Waals surface area contributed by atoms with Gasteiger partial charge in [0.2, 0.25) is 0 Å². The summed E-state index contributed by atoms with van der Waals surface area (Å²) in [7, 11) is 0. The number of hydrogen-bond acceptors (Lipinski definition) is 3. The van der Waals surface area contributed by atoms with Crippen molar-refractivity contribution < 1.29 is 13.2 Å². The van der Waals surface area contributed by atoms with Crippen molar-refractivity contribution in [3.05, 3.63) is 70.0 Å². The third-order valence-electron chi connectivity index (χ3n) is 4.41. The number of benzene rings is 2. The Kier molecular flexibility index (Phi) is 3.61. The fourth-order valence-corrected chi connectivity index (χ4v) is 3.01. The van der Waals surface area contributed by atoms with Crippen LogP contribution in [-0.4, -0.2) is 9.55 Å². The molecular formula is C18H14F3N3O. The normalized spacial score (nSPS) is 15.5. The van der Waals surface area contributed by atoms with E-state index in [-0.39, 0.29) is 28.3 Å². The van der Waals surface area contributed by atoms with E-state index in [4.69, 9.17) is 5.73 Å². The fraction of sp³-hybridized carbons (Fsp3) is 0.222. The summed E-state index contributed by atoms with van der Waals surface area (Å²) < 4.78 is 42.5. The van der Waals surface area contributed by atoms with E-state index < -0.39 is 29.1 Å². The maximum Gasteiger partial charge on any atom is 0.269 e. The van der Waals surface area contributed by atoms with Gasteiger partial charge in [0, 0.05) is 6.07 Å². The van der Waals surface area contributed by atoms with Crippen LogP contribution in [0.3, 0.4) is 0 Å². The number of nitrogens with zero attached hydrogens (tertiary/aromatic N) is 2. The molecule has 4 nitrogen and oxygen atoms in total. The standard InChI is InChI=1S/C18H14F3N3O/c19-10-6-11(20)8-12(7-10)24-17(16(22)9-4-5-9)23-14-3-1-2-13(21)15(14)18(24)25/h1-3,6-9,16H,4-5,22H2/t16-/m0/s1. The third kappa shape index (κ3) is 2.70. The number of fused-ring (bicyclic) bond motifs is 1. The van der Waals surface area contributed by atoms with Crippen LogP contribution in [-0.2, 0) is 0 Å². The van der Waals surface area contributed by atoms with E-state index in [1.807, 2.05) is 0 Å². The van der Waals surface area contributed by atoms with Crippen molar-refractivity contribution >= 4 is 10.9 Å². The quantitative estimate of drug-likeness (QED) is 0.793. The van der Waals surface area contributed by atoms with E-state index >= 15 is 0 Å². The van der Waals surface area contributed by atoms with E-state index in [0.29, 0.717) is 6.07 Å². The van der Waals surface area contributed by atoms with Gasteiger partial charge < -0.3 is 5.73 Å². The first kappa shape index (κ1) is 15.8. The van der Waals surface area contributed by atoms with E-state index in [2.05, 4.69) is 4.98 Å². The Morgan fingerprint density at radius 1 is 1.12 bits per heavy atom. The molecule has 1 atom stereocenters. The van der Waals surface area contributed by atoms with Crippen LogP contribution in [0.5, 0.6) is 0 Å². The molecule has 2 N–H and O–H groups in total. The molecule has 7 heteroatoms. The topological polar surface area (TPSA) is 60.9 Å². The summed E-state index contributed by atoms with van der Waals surface area (Å²) in [6.07, 6.45) is 1.77. The molecule has 4 rings (SSSR count). The number of hydrogen-bond donors (Lipinski definition) is 1. The van der Waals surface area contributed by atoms with Crippen molar-refractivity contribution in [1.29, 1.82) is 0 Å². The molecule has 0 spiro atoms. The molecule has 3 aromatic rings. The third-order valence-corrected chi connectivity index (χ3v) is 4.41. The molecule has 2 aromatic carbocycles. The molecule has 0 radical (unpaired) electrons. The van der Waals surface area contributed by atoms with Gasteiger partial charge in [-0.1, -0.05) is 6.07 Å². The van der Waals surface area contributed by atoms with Gasteiger partial charge in [0.05, 0.1) is 17.2 Å². The second-order valence-electron chi connectivity index (χ2n) is 6.24. The Hall–Kier alpha value is -2.67. The summed E-state index contributed by atoms with van der Waals surface area (Å²) in [5.41, 5.74) is 5.58. The minimum absolute atomic E-state index is 0.0637. The summed E-state index contributed by atoms with van der Waals surface area (Å²) in [6.45, 7) is 0. The van der Waals surface area contributed by atoms with E-state index in [1.54, 1.807) is 0 Å². The van der Waals surface area contributed by atoms with Crippen LogP contribution >= 0.6 is 0 Å². The average molecular weight is 345 g/mol. The SMILES string of the molecule is N[C@H](c1nc2cccc(F)c2c(=O)n1-c1cc(F)cc(F)c1)C1CC1. The molecular weight excluding hydrogens is 331 g/mol. The first-order chi connectivity index (χ1) is 12.0. The number of nitrogens with two attached hydrogens (primary N) is 1. The highest BCUT2D eigenvalue weighted by Gasteiger charge is 2.33. The van der Waals surface area contributed by atoms with Gasteiger partial charge >= 0.3 is 0 Å². The van der Waals surface area contributed by atoms with Crippen molar-refractivity contribution in [3.8, 4) is 5.69 Å². The molecule has 1 saturated carbocycles. The van der Waals surface area contributed by atoms with Gasteiger partial charge in [0.1, 0.15) is 28.7 Å². The minimum Gasteiger partial charge on any atom is -0.321 e. The van der Waals surface area contributed by atoms with Gasteiger partial charge in [-0.25, -0.2) is 18.2 Å². The predicted octanol–water partition coefficient (Wildman–Crippen LogP) is 3.21. The van der Waals surface area contributed by atoms with E-state index in [0.717, 1.165) is 35.6 Å². The zero-order valence-corrected chi connectivity index (χ0v) is 13.0. The van der Waals surface area contributed by atoms with Gasteiger partial charge in [-0.2, -0.15) is 0 Å². The molecule has 0 bridgehead atoms. The second kappa shape index (κ2) is 5.70. The summed E-state index contributed by atoms with van der Waals surface area (Å²) in [6, 6.07) is 6.23. The van der Waals surface area contributed by atoms with Crippen LogP contribution in [0.2, 0.25) is 0 Å². The van der Waals surface area contributed by atoms with Crippen molar-refractivity contribution in [3.63, 3.8) is 0 Å². The number of rotatable bonds is 3. The second-order valence-corrected chi connectivity index (χ2v) is 6.24. The first-order valence-electron chi connectivity index (χ1n) is 7.89. The van der Waals surface area contributed by atoms with Crippen LogP contribution in [0.25, 0.3) is 16.6 Å². The summed E-state index contributed by atoms with van der Waals surface area (Å²) >= 11 is 0. The van der Waals surface area contributed by atoms with Crippen molar-refractivity contribution in [2.75, 3.05) is 0 Å². The monoisotopic (exact) mass is 345 g/mol. The Bertz CT molecular complexity index is 1020. The van der Waals surface area contributed by atoms with Gasteiger partial charge in [-0.3, -0.25) is 9.36 Å². The molecule has 1 aliphatic carbocycles. The van der Waals surface area contributed by atoms with Crippen LogP contribution in [0.4, 0.5) is 13.2 Å². The van der Waals surface area contributed by atoms with Crippen molar-refractivity contribution in [1.82, 2.24) is 9.55 Å². The molecule has 0 saturated heterocycles. The molecule has 1 aromatic heterocycles. The molecule has 1 fully saturated rings. The molecule has 128 valence electrons. The van der Waals surface area contributed by atoms with Crippen LogP contribution in [0.1, 0.15) is 24.7 Å². The van der Waals surface area contributed by atoms with Gasteiger partial charge in [0.25, 0.3) is 5.56 Å². The molecule has 0 unspecified atom stereocenters. The number of halogens is 3. The van der Waals surface area contributed by atoms with Crippen LogP contribution in [0, 0.1) is 23.4 Å². The average Bonchev–Trinajstić information content (AvgIpc) is 3.37. The maximum atomic E-state index is 14.2. The van der Waals surface area contributed by atoms with Crippen LogP contribution < -0.4 is 11.3 Å². The van der Waals surface area contributed by atoms with E-state index in [1.165, 1.54) is 12.1 Å². The molecule has 1 aliphatic rings. The Labute approximate surface area is 140 Å². The van der Waals surface area contributed by atoms with Crippen LogP contribution in [0.15, 0.2) is 41.2 Å². The fourth-order valence-electron chi connectivity index (χ4n) is 3.01. The Morgan fingerprint density at radius 2 is 1.80 bits per heavy atom. The lowest BCUT2D eigenvalue weighted by Gasteiger charge is -2.18. The van der Waals surface area contributed by atoms with Gasteiger partial charge in [-0.15, -0.1) is 0 Å². The Morgan fingerprint density at radius 3 is 2.44 bits per heavy atom. The highest BCUT2D eigenvalue weighted by Crippen LogP contribution is 2.39. The highest BCUT2D eigenvalue weighted by atomic mass is 19.1. The van der Waals surface area contributed by atoms with Gasteiger partial charge in [-0.05, 0) is 43.0 Å². The van der Waals surface area contributed by atoms with Crippen molar-refractivity contribution in [2.45, 2.75) is 18.9 Å². The zero-order chi connectivity index (χ0) is 17.7. The largest absolute Gasteiger partial charge is 0.321 e. The molecule has 0 amide bonds. The maximum absolute atomic E-state index is 14.2. The number of aromatic nitrogens is 2. The summed E-state index contributed by atoms with van der Waals surface area (Å²) in [5, 5.41) is -0.237. The van der Waals surface area contributed by atoms with Gasteiger partial charge in [0.15, 0.2) is 0 Å². The molecule has 0 aliphatic heterocycles. The smallest absolute Gasteiger partial charge is 0.269 e. The summed E-state index contributed by atoms with van der Waals surface area (Å²) in [4.78, 5) is 17.3. The summed E-state index contributed by atoms with van der Waals surface area (Å²) in [5.74, 6) is -2.12. The lowest BCUT2D eigenvalue weighted by atomic mass is 10.1. The predicted molar refractivity (Wildman–Crippen MR) is 86.9 cm³/mol. The molecule has 1 heterocycles. The molecule has 25 heavy (non-hydrogen) atoms. The highest BCUT2D eigenvalue weighted by molar-refractivity contribution is 5.78. The zero-order valence-electron chi connectivity index (χ0n) is 13.0. The van der Waals surface area contributed by atoms with Crippen molar-refractivity contribution in [2.24, 2.45) is 11.7 Å². The first-order valence-corrected chi connectivity index (χ1v) is 7.89. The lowest BCUT2D eigenvalue weighted by Crippen LogP contribution is -2.30. The lowest BCUT2D eigenvalue weighted by molar-refractivity contribution is 0.562. The Balaban J connectivity index is 2.09. The minimum atomic E-state index is -0.846. The van der Waals surface area contributed by atoms with E-state index in [9.17, 15) is 18.0 Å².